The third-order valence-electron chi connectivity index (χ3n) is 2.36. The Labute approximate surface area is 89.7 Å². The molecule has 0 saturated heterocycles. The van der Waals surface area contributed by atoms with Crippen molar-refractivity contribution >= 4 is 5.97 Å². The lowest BCUT2D eigenvalue weighted by molar-refractivity contribution is 0.0235. The van der Waals surface area contributed by atoms with Crippen LogP contribution in [0.2, 0.25) is 0 Å². The number of carbonyl (C=O) groups excluding carboxylic acids is 1. The molecule has 1 unspecified atom stereocenters. The second-order valence-electron chi connectivity index (χ2n) is 3.87. The van der Waals surface area contributed by atoms with Gasteiger partial charge in [-0.3, -0.25) is 0 Å². The molecule has 0 bridgehead atoms. The Hall–Kier alpha value is -1.51. The number of phenols is 1. The first kappa shape index (κ1) is 11.6. The Balaban J connectivity index is 2.74. The van der Waals surface area contributed by atoms with Crippen molar-refractivity contribution in [3.8, 4) is 5.75 Å². The molecule has 1 aromatic carbocycles. The van der Waals surface area contributed by atoms with Crippen LogP contribution in [0.3, 0.4) is 0 Å². The number of para-hydroxylation sites is 1. The highest BCUT2D eigenvalue weighted by atomic mass is 16.5. The Bertz CT molecular complexity index is 344. The molecule has 0 fully saturated rings. The van der Waals surface area contributed by atoms with Crippen LogP contribution in [0.1, 0.15) is 31.1 Å². The first-order chi connectivity index (χ1) is 7.02. The van der Waals surface area contributed by atoms with Gasteiger partial charge in [-0.1, -0.05) is 26.0 Å². The van der Waals surface area contributed by atoms with E-state index in [9.17, 15) is 9.90 Å². The number of esters is 1. The van der Waals surface area contributed by atoms with Crippen LogP contribution in [0.15, 0.2) is 24.3 Å². The highest BCUT2D eigenvalue weighted by molar-refractivity contribution is 5.92. The van der Waals surface area contributed by atoms with Gasteiger partial charge in [-0.2, -0.15) is 0 Å². The molecule has 15 heavy (non-hydrogen) atoms. The van der Waals surface area contributed by atoms with E-state index in [-0.39, 0.29) is 23.3 Å². The van der Waals surface area contributed by atoms with E-state index in [1.54, 1.807) is 18.2 Å². The normalized spacial score (nSPS) is 12.5. The minimum atomic E-state index is -0.477. The molecule has 0 aliphatic rings. The molecule has 0 aromatic heterocycles. The number of hydrogen-bond donors (Lipinski definition) is 1. The number of phenolic OH excluding ortho intramolecular Hbond substituents is 1. The van der Waals surface area contributed by atoms with Gasteiger partial charge >= 0.3 is 5.97 Å². The van der Waals surface area contributed by atoms with Crippen LogP contribution in [0, 0.1) is 5.92 Å². The van der Waals surface area contributed by atoms with E-state index in [4.69, 9.17) is 4.74 Å². The van der Waals surface area contributed by atoms with Gasteiger partial charge in [-0.15, -0.1) is 0 Å². The Morgan fingerprint density at radius 3 is 2.40 bits per heavy atom. The Kier molecular flexibility index (Phi) is 3.72. The minimum Gasteiger partial charge on any atom is -0.507 e. The Morgan fingerprint density at radius 1 is 1.27 bits per heavy atom. The molecular formula is C12H16O3. The van der Waals surface area contributed by atoms with Gasteiger partial charge in [0.2, 0.25) is 0 Å². The molecule has 0 heterocycles. The van der Waals surface area contributed by atoms with Crippen LogP contribution in [0.5, 0.6) is 5.75 Å². The summed E-state index contributed by atoms with van der Waals surface area (Å²) in [7, 11) is 0. The van der Waals surface area contributed by atoms with Crippen molar-refractivity contribution in [3.63, 3.8) is 0 Å². The van der Waals surface area contributed by atoms with Gasteiger partial charge < -0.3 is 9.84 Å². The lowest BCUT2D eigenvalue weighted by Crippen LogP contribution is -2.20. The van der Waals surface area contributed by atoms with E-state index in [1.807, 2.05) is 20.8 Å². The van der Waals surface area contributed by atoms with Gasteiger partial charge in [0.15, 0.2) is 0 Å². The molecule has 1 aromatic rings. The standard InChI is InChI=1S/C12H16O3/c1-8(2)9(3)15-12(14)10-6-4-5-7-11(10)13/h4-9,13H,1-3H3. The molecule has 1 N–H and O–H groups in total. The summed E-state index contributed by atoms with van der Waals surface area (Å²) in [5.74, 6) is -0.257. The lowest BCUT2D eigenvalue weighted by Gasteiger charge is -2.16. The van der Waals surface area contributed by atoms with E-state index >= 15 is 0 Å². The van der Waals surface area contributed by atoms with Crippen LogP contribution in [0.4, 0.5) is 0 Å². The quantitative estimate of drug-likeness (QED) is 0.776. The van der Waals surface area contributed by atoms with Gasteiger partial charge in [0, 0.05) is 0 Å². The van der Waals surface area contributed by atoms with E-state index in [1.165, 1.54) is 6.07 Å². The van der Waals surface area contributed by atoms with Gasteiger partial charge in [0.05, 0.1) is 0 Å². The van der Waals surface area contributed by atoms with Crippen LogP contribution < -0.4 is 0 Å². The van der Waals surface area contributed by atoms with Gasteiger partial charge in [0.25, 0.3) is 0 Å². The zero-order valence-corrected chi connectivity index (χ0v) is 9.23. The monoisotopic (exact) mass is 208 g/mol. The van der Waals surface area contributed by atoms with E-state index in [0.29, 0.717) is 0 Å². The first-order valence-electron chi connectivity index (χ1n) is 5.01. The largest absolute Gasteiger partial charge is 0.507 e. The summed E-state index contributed by atoms with van der Waals surface area (Å²) in [6.07, 6.45) is -0.155. The highest BCUT2D eigenvalue weighted by Crippen LogP contribution is 2.18. The number of hydrogen-bond acceptors (Lipinski definition) is 3. The van der Waals surface area contributed by atoms with E-state index < -0.39 is 5.97 Å². The summed E-state index contributed by atoms with van der Waals surface area (Å²) in [6, 6.07) is 6.37. The molecule has 3 heteroatoms. The predicted octanol–water partition coefficient (Wildman–Crippen LogP) is 2.59. The van der Waals surface area contributed by atoms with Crippen LogP contribution in [-0.4, -0.2) is 17.2 Å². The maximum Gasteiger partial charge on any atom is 0.342 e. The maximum atomic E-state index is 11.6. The summed E-state index contributed by atoms with van der Waals surface area (Å²) < 4.78 is 5.18. The lowest BCUT2D eigenvalue weighted by atomic mass is 10.1. The van der Waals surface area contributed by atoms with Crippen molar-refractivity contribution in [2.75, 3.05) is 0 Å². The molecule has 1 rings (SSSR count). The fourth-order valence-electron chi connectivity index (χ4n) is 1.01. The average Bonchev–Trinajstić information content (AvgIpc) is 2.18. The Morgan fingerprint density at radius 2 is 1.87 bits per heavy atom. The molecule has 1 atom stereocenters. The second kappa shape index (κ2) is 4.82. The highest BCUT2D eigenvalue weighted by Gasteiger charge is 2.16. The van der Waals surface area contributed by atoms with Crippen molar-refractivity contribution in [3.05, 3.63) is 29.8 Å². The molecule has 0 saturated carbocycles. The predicted molar refractivity (Wildman–Crippen MR) is 57.8 cm³/mol. The third-order valence-corrected chi connectivity index (χ3v) is 2.36. The smallest absolute Gasteiger partial charge is 0.342 e. The molecule has 0 radical (unpaired) electrons. The topological polar surface area (TPSA) is 46.5 Å². The van der Waals surface area contributed by atoms with Gasteiger partial charge in [0.1, 0.15) is 17.4 Å². The summed E-state index contributed by atoms with van der Waals surface area (Å²) in [6.45, 7) is 5.79. The molecule has 82 valence electrons. The van der Waals surface area contributed by atoms with Crippen molar-refractivity contribution < 1.29 is 14.6 Å². The number of benzene rings is 1. The number of ether oxygens (including phenoxy) is 1. The second-order valence-corrected chi connectivity index (χ2v) is 3.87. The van der Waals surface area contributed by atoms with E-state index in [0.717, 1.165) is 0 Å². The molecule has 0 aliphatic carbocycles. The van der Waals surface area contributed by atoms with Crippen molar-refractivity contribution in [1.29, 1.82) is 0 Å². The minimum absolute atomic E-state index is 0.0431. The van der Waals surface area contributed by atoms with Crippen molar-refractivity contribution in [2.24, 2.45) is 5.92 Å². The number of aromatic hydroxyl groups is 1. The number of carbonyl (C=O) groups is 1. The fourth-order valence-corrected chi connectivity index (χ4v) is 1.01. The first-order valence-corrected chi connectivity index (χ1v) is 5.01. The number of rotatable bonds is 3. The third kappa shape index (κ3) is 2.98. The van der Waals surface area contributed by atoms with Crippen LogP contribution >= 0.6 is 0 Å². The summed E-state index contributed by atoms with van der Waals surface area (Å²) in [5.41, 5.74) is 0.213. The maximum absolute atomic E-state index is 11.6. The summed E-state index contributed by atoms with van der Waals surface area (Å²) >= 11 is 0. The van der Waals surface area contributed by atoms with E-state index in [2.05, 4.69) is 0 Å². The molecule has 0 spiro atoms. The van der Waals surface area contributed by atoms with Crippen LogP contribution in [0.25, 0.3) is 0 Å². The summed E-state index contributed by atoms with van der Waals surface area (Å²) in [5, 5.41) is 9.43. The van der Waals surface area contributed by atoms with Crippen molar-refractivity contribution in [2.45, 2.75) is 26.9 Å². The summed E-state index contributed by atoms with van der Waals surface area (Å²) in [4.78, 5) is 11.6. The molecular weight excluding hydrogens is 192 g/mol. The van der Waals surface area contributed by atoms with Crippen molar-refractivity contribution in [1.82, 2.24) is 0 Å². The van der Waals surface area contributed by atoms with Gasteiger partial charge in [-0.25, -0.2) is 4.79 Å². The fraction of sp³-hybridized carbons (Fsp3) is 0.417. The zero-order chi connectivity index (χ0) is 11.4. The molecule has 0 amide bonds. The average molecular weight is 208 g/mol. The van der Waals surface area contributed by atoms with Crippen LogP contribution in [-0.2, 0) is 4.74 Å². The SMILES string of the molecule is CC(C)C(C)OC(=O)c1ccccc1O. The molecule has 3 nitrogen and oxygen atoms in total. The zero-order valence-electron chi connectivity index (χ0n) is 9.23. The van der Waals surface area contributed by atoms with Gasteiger partial charge in [-0.05, 0) is 25.0 Å². The molecule has 0 aliphatic heterocycles.